The van der Waals surface area contributed by atoms with E-state index in [1.165, 1.54) is 11.2 Å². The van der Waals surface area contributed by atoms with Crippen LogP contribution in [0.25, 0.3) is 0 Å². The number of hydrogen-bond acceptors (Lipinski definition) is 6. The number of anilines is 1. The lowest BCUT2D eigenvalue weighted by molar-refractivity contribution is -0.120. The van der Waals surface area contributed by atoms with Gasteiger partial charge in [0.15, 0.2) is 0 Å². The number of likely N-dealkylation sites (N-methyl/N-ethyl adjacent to an activating group) is 1. The molecule has 1 fully saturated rings. The molecule has 2 amide bonds. The molecule has 1 aromatic heterocycles. The van der Waals surface area contributed by atoms with E-state index in [4.69, 9.17) is 4.74 Å². The van der Waals surface area contributed by atoms with Gasteiger partial charge in [-0.3, -0.25) is 9.59 Å². The molecule has 2 aromatic carbocycles. The fraction of sp³-hybridized carbons (Fsp3) is 0.308. The van der Waals surface area contributed by atoms with Gasteiger partial charge in [0.1, 0.15) is 30.3 Å². The fourth-order valence-electron chi connectivity index (χ4n) is 3.97. The molecule has 2 N–H and O–H groups in total. The summed E-state index contributed by atoms with van der Waals surface area (Å²) in [5.41, 5.74) is 1.33. The van der Waals surface area contributed by atoms with E-state index in [9.17, 15) is 14.7 Å². The van der Waals surface area contributed by atoms with Crippen LogP contribution in [-0.4, -0.2) is 57.0 Å². The fourth-order valence-corrected chi connectivity index (χ4v) is 3.97. The summed E-state index contributed by atoms with van der Waals surface area (Å²) in [4.78, 5) is 31.4. The molecule has 1 unspecified atom stereocenters. The van der Waals surface area contributed by atoms with Crippen molar-refractivity contribution in [2.75, 3.05) is 18.6 Å². The lowest BCUT2D eigenvalue weighted by Gasteiger charge is -2.30. The van der Waals surface area contributed by atoms with Gasteiger partial charge in [0.25, 0.3) is 11.8 Å². The van der Waals surface area contributed by atoms with Crippen LogP contribution in [-0.2, 0) is 11.3 Å². The van der Waals surface area contributed by atoms with Gasteiger partial charge >= 0.3 is 0 Å². The van der Waals surface area contributed by atoms with Crippen LogP contribution in [0.4, 0.5) is 5.69 Å². The molecule has 0 saturated heterocycles. The van der Waals surface area contributed by atoms with Crippen LogP contribution in [0, 0.1) is 11.8 Å². The number of amides is 2. The molecule has 2 aliphatic rings. The van der Waals surface area contributed by atoms with E-state index in [0.29, 0.717) is 36.4 Å². The summed E-state index contributed by atoms with van der Waals surface area (Å²) in [6.07, 6.45) is 3.80. The third-order valence-corrected chi connectivity index (χ3v) is 6.21. The number of carbonyl (C=O) groups is 2. The second-order valence-electron chi connectivity index (χ2n) is 8.80. The maximum Gasteiger partial charge on any atom is 0.291 e. The van der Waals surface area contributed by atoms with Crippen molar-refractivity contribution < 1.29 is 19.4 Å². The summed E-state index contributed by atoms with van der Waals surface area (Å²) < 4.78 is 7.40. The number of hydrogen-bond donors (Lipinski definition) is 2. The number of aliphatic hydroxyl groups is 1. The van der Waals surface area contributed by atoms with Gasteiger partial charge in [0.05, 0.1) is 12.2 Å². The Bertz CT molecular complexity index is 1320. The van der Waals surface area contributed by atoms with Crippen molar-refractivity contribution in [3.8, 4) is 17.6 Å². The highest BCUT2D eigenvalue weighted by Crippen LogP contribution is 2.33. The number of nitrogens with zero attached hydrogens (tertiary/aromatic N) is 4. The van der Waals surface area contributed by atoms with Crippen LogP contribution in [0.2, 0.25) is 0 Å². The molecule has 2 heterocycles. The minimum absolute atomic E-state index is 0.0235. The van der Waals surface area contributed by atoms with E-state index >= 15 is 0 Å². The molecular formula is C26H25N5O4. The second kappa shape index (κ2) is 9.24. The molecule has 0 spiro atoms. The summed E-state index contributed by atoms with van der Waals surface area (Å²) >= 11 is 0. The number of rotatable bonds is 4. The smallest absolute Gasteiger partial charge is 0.291 e. The first-order valence-corrected chi connectivity index (χ1v) is 11.4. The highest BCUT2D eigenvalue weighted by atomic mass is 16.5. The van der Waals surface area contributed by atoms with Gasteiger partial charge in [-0.05, 0) is 43.0 Å². The molecule has 0 bridgehead atoms. The predicted molar refractivity (Wildman–Crippen MR) is 128 cm³/mol. The average Bonchev–Trinajstić information content (AvgIpc) is 3.28. The standard InChI is InChI=1S/C26H25N5O4/c1-30-21-14-18(10-13-26(34)11-5-12-26)8-9-22(21)35-16-20(25(30)33)28-24(32)23-27-17-31(29-23)15-19-6-3-2-4-7-19/h2-4,6-9,14,17,20,34H,5,11-12,15-16H2,1H3,(H,28,32). The number of ether oxygens (including phenoxy) is 1. The summed E-state index contributed by atoms with van der Waals surface area (Å²) in [5, 5.41) is 17.1. The van der Waals surface area contributed by atoms with E-state index < -0.39 is 17.6 Å². The number of nitrogens with one attached hydrogen (secondary N) is 1. The molecule has 3 aromatic rings. The zero-order chi connectivity index (χ0) is 24.4. The van der Waals surface area contributed by atoms with Crippen LogP contribution in [0.5, 0.6) is 5.75 Å². The van der Waals surface area contributed by atoms with Gasteiger partial charge in [0.2, 0.25) is 5.82 Å². The Hall–Kier alpha value is -4.16. The molecule has 1 saturated carbocycles. The maximum absolute atomic E-state index is 13.1. The highest BCUT2D eigenvalue weighted by Gasteiger charge is 2.33. The van der Waals surface area contributed by atoms with Crippen LogP contribution in [0.15, 0.2) is 54.9 Å². The summed E-state index contributed by atoms with van der Waals surface area (Å²) in [5.74, 6) is 5.51. The van der Waals surface area contributed by atoms with Gasteiger partial charge in [-0.1, -0.05) is 42.2 Å². The number of carbonyl (C=O) groups excluding carboxylic acids is 2. The zero-order valence-corrected chi connectivity index (χ0v) is 19.3. The molecule has 1 aliphatic carbocycles. The van der Waals surface area contributed by atoms with Crippen molar-refractivity contribution in [3.63, 3.8) is 0 Å². The minimum atomic E-state index is -0.914. The van der Waals surface area contributed by atoms with Crippen LogP contribution >= 0.6 is 0 Å². The zero-order valence-electron chi connectivity index (χ0n) is 19.3. The van der Waals surface area contributed by atoms with Crippen molar-refractivity contribution in [1.29, 1.82) is 0 Å². The van der Waals surface area contributed by atoms with Crippen molar-refractivity contribution in [1.82, 2.24) is 20.1 Å². The van der Waals surface area contributed by atoms with E-state index in [-0.39, 0.29) is 18.3 Å². The quantitative estimate of drug-likeness (QED) is 0.561. The first-order valence-electron chi connectivity index (χ1n) is 11.4. The lowest BCUT2D eigenvalue weighted by atomic mass is 9.81. The topological polar surface area (TPSA) is 110 Å². The molecule has 5 rings (SSSR count). The Kier molecular flexibility index (Phi) is 5.97. The van der Waals surface area contributed by atoms with Crippen LogP contribution in [0.1, 0.15) is 41.0 Å². The molecular weight excluding hydrogens is 446 g/mol. The Balaban J connectivity index is 1.27. The monoisotopic (exact) mass is 471 g/mol. The molecule has 9 nitrogen and oxygen atoms in total. The Morgan fingerprint density at radius 1 is 1.26 bits per heavy atom. The first kappa shape index (κ1) is 22.6. The van der Waals surface area contributed by atoms with E-state index in [1.807, 2.05) is 30.3 Å². The van der Waals surface area contributed by atoms with E-state index in [2.05, 4.69) is 27.2 Å². The number of benzene rings is 2. The Labute approximate surface area is 202 Å². The predicted octanol–water partition coefficient (Wildman–Crippen LogP) is 1.75. The third kappa shape index (κ3) is 4.88. The SMILES string of the molecule is CN1C(=O)C(NC(=O)c2ncn(Cc3ccccc3)n2)COc2ccc(C#CC3(O)CCC3)cc21. The second-order valence-corrected chi connectivity index (χ2v) is 8.80. The van der Waals surface area contributed by atoms with Crippen molar-refractivity contribution >= 4 is 17.5 Å². The third-order valence-electron chi connectivity index (χ3n) is 6.21. The Morgan fingerprint density at radius 3 is 2.80 bits per heavy atom. The van der Waals surface area contributed by atoms with E-state index in [1.54, 1.807) is 29.9 Å². The van der Waals surface area contributed by atoms with Crippen molar-refractivity contribution in [2.45, 2.75) is 37.5 Å². The summed E-state index contributed by atoms with van der Waals surface area (Å²) in [6.45, 7) is 0.449. The Morgan fingerprint density at radius 2 is 2.06 bits per heavy atom. The van der Waals surface area contributed by atoms with Crippen molar-refractivity contribution in [3.05, 3.63) is 71.8 Å². The van der Waals surface area contributed by atoms with Gasteiger partial charge in [0, 0.05) is 12.6 Å². The minimum Gasteiger partial charge on any atom is -0.489 e. The molecule has 178 valence electrons. The molecule has 1 aliphatic heterocycles. The first-order chi connectivity index (χ1) is 16.9. The summed E-state index contributed by atoms with van der Waals surface area (Å²) in [7, 11) is 1.62. The van der Waals surface area contributed by atoms with Crippen LogP contribution in [0.3, 0.4) is 0 Å². The molecule has 9 heteroatoms. The lowest BCUT2D eigenvalue weighted by Crippen LogP contribution is -2.49. The van der Waals surface area contributed by atoms with Crippen molar-refractivity contribution in [2.24, 2.45) is 0 Å². The van der Waals surface area contributed by atoms with E-state index in [0.717, 1.165) is 12.0 Å². The number of aromatic nitrogens is 3. The van der Waals surface area contributed by atoms with Gasteiger partial charge in [-0.15, -0.1) is 5.10 Å². The number of fused-ring (bicyclic) bond motifs is 1. The normalized spacial score (nSPS) is 18.3. The van der Waals surface area contributed by atoms with Crippen LogP contribution < -0.4 is 15.0 Å². The van der Waals surface area contributed by atoms with Gasteiger partial charge < -0.3 is 20.1 Å². The average molecular weight is 472 g/mol. The van der Waals surface area contributed by atoms with Gasteiger partial charge in [-0.2, -0.15) is 0 Å². The molecule has 35 heavy (non-hydrogen) atoms. The maximum atomic E-state index is 13.1. The molecule has 0 radical (unpaired) electrons. The highest BCUT2D eigenvalue weighted by molar-refractivity contribution is 6.02. The largest absolute Gasteiger partial charge is 0.489 e. The molecule has 1 atom stereocenters. The van der Waals surface area contributed by atoms with Gasteiger partial charge in [-0.25, -0.2) is 9.67 Å². The summed E-state index contributed by atoms with van der Waals surface area (Å²) in [6, 6.07) is 14.1.